The second kappa shape index (κ2) is 13.1. The van der Waals surface area contributed by atoms with Crippen molar-refractivity contribution < 1.29 is 27.1 Å². The molecule has 3 aromatic carbocycles. The molecule has 1 aromatic heterocycles. The van der Waals surface area contributed by atoms with E-state index in [0.717, 1.165) is 37.9 Å². The number of H-pyrrole nitrogens is 1. The summed E-state index contributed by atoms with van der Waals surface area (Å²) in [5.74, 6) is -0.928. The van der Waals surface area contributed by atoms with Gasteiger partial charge in [0.2, 0.25) is 9.84 Å². The van der Waals surface area contributed by atoms with Gasteiger partial charge in [0.15, 0.2) is 5.82 Å². The number of methoxy groups -OCH3 is 2. The molecular weight excluding hydrogens is 575 g/mol. The van der Waals surface area contributed by atoms with Crippen molar-refractivity contribution in [3.05, 3.63) is 72.0 Å². The predicted molar refractivity (Wildman–Crippen MR) is 163 cm³/mol. The number of carbonyl (C=O) groups is 1. The lowest BCUT2D eigenvalue weighted by molar-refractivity contribution is 0.102. The number of nitrogens with one attached hydrogen (secondary N) is 3. The predicted octanol–water partition coefficient (Wildman–Crippen LogP) is 3.61. The van der Waals surface area contributed by atoms with E-state index < -0.39 is 21.6 Å². The summed E-state index contributed by atoms with van der Waals surface area (Å²) in [5.41, 5.74) is 2.48. The van der Waals surface area contributed by atoms with Crippen LogP contribution in [-0.4, -0.2) is 96.1 Å². The first-order chi connectivity index (χ1) is 20.7. The molecule has 0 bridgehead atoms. The lowest BCUT2D eigenvalue weighted by Gasteiger charge is -2.34. The van der Waals surface area contributed by atoms with Crippen molar-refractivity contribution in [3.8, 4) is 0 Å². The molecule has 1 aliphatic rings. The van der Waals surface area contributed by atoms with Crippen molar-refractivity contribution in [3.63, 3.8) is 0 Å². The zero-order chi connectivity index (χ0) is 30.6. The van der Waals surface area contributed by atoms with Gasteiger partial charge < -0.3 is 29.9 Å². The lowest BCUT2D eigenvalue weighted by Crippen LogP contribution is -2.44. The topological polar surface area (TPSA) is 129 Å². The Morgan fingerprint density at radius 2 is 1.72 bits per heavy atom. The minimum atomic E-state index is -4.01. The average molecular weight is 611 g/mol. The van der Waals surface area contributed by atoms with Gasteiger partial charge in [-0.05, 0) is 61.6 Å². The zero-order valence-corrected chi connectivity index (χ0v) is 25.1. The molecule has 1 fully saturated rings. The number of halogens is 1. The van der Waals surface area contributed by atoms with Crippen LogP contribution < -0.4 is 15.5 Å². The Labute approximate surface area is 249 Å². The number of likely N-dealkylation sites (N-methyl/N-ethyl adjacent to an activating group) is 1. The molecule has 13 heteroatoms. The quantitative estimate of drug-likeness (QED) is 0.233. The Morgan fingerprint density at radius 3 is 2.42 bits per heavy atom. The fourth-order valence-corrected chi connectivity index (χ4v) is 6.38. The largest absolute Gasteiger partial charge is 0.382 e. The molecule has 228 valence electrons. The maximum atomic E-state index is 13.8. The number of fused-ring (bicyclic) bond motifs is 1. The first kappa shape index (κ1) is 30.4. The smallest absolute Gasteiger partial charge is 0.258 e. The van der Waals surface area contributed by atoms with Crippen molar-refractivity contribution in [1.29, 1.82) is 0 Å². The molecule has 2 heterocycles. The van der Waals surface area contributed by atoms with E-state index in [0.29, 0.717) is 35.4 Å². The van der Waals surface area contributed by atoms with Crippen LogP contribution in [0.3, 0.4) is 0 Å². The van der Waals surface area contributed by atoms with Crippen LogP contribution in [0.4, 0.5) is 21.6 Å². The van der Waals surface area contributed by atoms with E-state index in [1.807, 2.05) is 12.1 Å². The normalized spacial score (nSPS) is 14.4. The summed E-state index contributed by atoms with van der Waals surface area (Å²) in [6.45, 7) is 4.32. The summed E-state index contributed by atoms with van der Waals surface area (Å²) in [4.78, 5) is 18.0. The first-order valence-electron chi connectivity index (χ1n) is 13.8. The molecule has 0 unspecified atom stereocenters. The van der Waals surface area contributed by atoms with Gasteiger partial charge in [-0.3, -0.25) is 9.89 Å². The Balaban J connectivity index is 1.46. The van der Waals surface area contributed by atoms with E-state index >= 15 is 0 Å². The molecule has 0 saturated carbocycles. The number of hydrogen-bond donors (Lipinski definition) is 3. The second-order valence-corrected chi connectivity index (χ2v) is 12.4. The van der Waals surface area contributed by atoms with Crippen LogP contribution in [0.25, 0.3) is 10.9 Å². The molecular formula is C30H35FN6O5S. The van der Waals surface area contributed by atoms with Crippen LogP contribution in [0.15, 0.2) is 70.5 Å². The summed E-state index contributed by atoms with van der Waals surface area (Å²) in [6, 6.07) is 14.6. The highest BCUT2D eigenvalue weighted by atomic mass is 32.2. The number of benzene rings is 3. The number of nitrogens with zero attached hydrogens (tertiary/aromatic N) is 3. The van der Waals surface area contributed by atoms with Crippen molar-refractivity contribution >= 4 is 43.8 Å². The van der Waals surface area contributed by atoms with E-state index in [9.17, 15) is 17.6 Å². The third kappa shape index (κ3) is 6.80. The Hall–Kier alpha value is -4.04. The maximum absolute atomic E-state index is 13.8. The Bertz CT molecular complexity index is 1700. The molecule has 43 heavy (non-hydrogen) atoms. The second-order valence-electron chi connectivity index (χ2n) is 10.5. The minimum absolute atomic E-state index is 0.0524. The molecule has 11 nitrogen and oxygen atoms in total. The summed E-state index contributed by atoms with van der Waals surface area (Å²) in [5, 5.41) is 13.7. The number of rotatable bonds is 11. The summed E-state index contributed by atoms with van der Waals surface area (Å²) < 4.78 is 50.9. The number of carbonyl (C=O) groups excluding carboxylic acids is 1. The summed E-state index contributed by atoms with van der Waals surface area (Å²) in [7, 11) is 1.28. The van der Waals surface area contributed by atoms with Crippen LogP contribution >= 0.6 is 0 Å². The Morgan fingerprint density at radius 1 is 1.00 bits per heavy atom. The van der Waals surface area contributed by atoms with Crippen molar-refractivity contribution in [2.75, 3.05) is 76.2 Å². The van der Waals surface area contributed by atoms with Crippen LogP contribution in [0.2, 0.25) is 0 Å². The highest BCUT2D eigenvalue weighted by Crippen LogP contribution is 2.30. The molecule has 1 amide bonds. The van der Waals surface area contributed by atoms with Gasteiger partial charge in [0.1, 0.15) is 5.82 Å². The fourth-order valence-electron chi connectivity index (χ4n) is 5.07. The SMILES string of the molecule is COCC(COC)Nc1cc(N2CCN(C)CC2)ccc1C(=O)Nc1n[nH]c2ccc(S(=O)(=O)c3cccc(F)c3)cc12. The minimum Gasteiger partial charge on any atom is -0.382 e. The van der Waals surface area contributed by atoms with Crippen molar-refractivity contribution in [2.45, 2.75) is 15.8 Å². The molecule has 1 saturated heterocycles. The molecule has 4 aromatic rings. The van der Waals surface area contributed by atoms with Gasteiger partial charge in [-0.2, -0.15) is 5.10 Å². The van der Waals surface area contributed by atoms with Gasteiger partial charge in [0.25, 0.3) is 5.91 Å². The number of ether oxygens (including phenoxy) is 2. The van der Waals surface area contributed by atoms with Gasteiger partial charge in [-0.25, -0.2) is 12.8 Å². The van der Waals surface area contributed by atoms with Gasteiger partial charge in [-0.15, -0.1) is 0 Å². The number of sulfone groups is 1. The van der Waals surface area contributed by atoms with E-state index in [4.69, 9.17) is 9.47 Å². The number of amides is 1. The summed E-state index contributed by atoms with van der Waals surface area (Å²) in [6.07, 6.45) is 0. The van der Waals surface area contributed by atoms with Gasteiger partial charge in [-0.1, -0.05) is 6.07 Å². The third-order valence-corrected chi connectivity index (χ3v) is 9.14. The van der Waals surface area contributed by atoms with E-state index in [1.165, 1.54) is 30.3 Å². The number of hydrogen-bond acceptors (Lipinski definition) is 9. The number of aromatic amines is 1. The van der Waals surface area contributed by atoms with Crippen molar-refractivity contribution in [1.82, 2.24) is 15.1 Å². The van der Waals surface area contributed by atoms with Gasteiger partial charge in [0, 0.05) is 57.2 Å². The van der Waals surface area contributed by atoms with Gasteiger partial charge in [0.05, 0.1) is 40.1 Å². The van der Waals surface area contributed by atoms with E-state index in [-0.39, 0.29) is 21.7 Å². The maximum Gasteiger partial charge on any atom is 0.258 e. The highest BCUT2D eigenvalue weighted by Gasteiger charge is 2.23. The first-order valence-corrected chi connectivity index (χ1v) is 15.3. The van der Waals surface area contributed by atoms with E-state index in [1.54, 1.807) is 26.4 Å². The van der Waals surface area contributed by atoms with Crippen LogP contribution in [0.1, 0.15) is 10.4 Å². The van der Waals surface area contributed by atoms with Crippen LogP contribution in [-0.2, 0) is 19.3 Å². The molecule has 3 N–H and O–H groups in total. The number of aromatic nitrogens is 2. The van der Waals surface area contributed by atoms with Gasteiger partial charge >= 0.3 is 0 Å². The van der Waals surface area contributed by atoms with E-state index in [2.05, 4.69) is 37.7 Å². The average Bonchev–Trinajstić information content (AvgIpc) is 3.39. The lowest BCUT2D eigenvalue weighted by atomic mass is 10.1. The zero-order valence-electron chi connectivity index (χ0n) is 24.3. The summed E-state index contributed by atoms with van der Waals surface area (Å²) >= 11 is 0. The molecule has 0 radical (unpaired) electrons. The standard InChI is InChI=1S/C30H35FN6O5S/c1-36-11-13-37(14-12-36)22-7-9-25(28(16-22)32-21(18-41-2)19-42-3)30(38)33-29-26-17-24(8-10-27(26)34-35-29)43(39,40)23-6-4-5-20(31)15-23/h4-10,15-17,21,32H,11-14,18-19H2,1-3H3,(H2,33,34,35,38). The molecule has 5 rings (SSSR count). The molecule has 1 aliphatic heterocycles. The third-order valence-electron chi connectivity index (χ3n) is 7.39. The number of piperazine rings is 1. The van der Waals surface area contributed by atoms with Crippen LogP contribution in [0.5, 0.6) is 0 Å². The fraction of sp³-hybridized carbons (Fsp3) is 0.333. The highest BCUT2D eigenvalue weighted by molar-refractivity contribution is 7.91. The number of anilines is 3. The molecule has 0 aliphatic carbocycles. The molecule has 0 spiro atoms. The van der Waals surface area contributed by atoms with Crippen molar-refractivity contribution in [2.24, 2.45) is 0 Å². The molecule has 0 atom stereocenters. The monoisotopic (exact) mass is 610 g/mol. The van der Waals surface area contributed by atoms with Crippen LogP contribution in [0, 0.1) is 5.82 Å². The Kier molecular flexibility index (Phi) is 9.25.